The summed E-state index contributed by atoms with van der Waals surface area (Å²) in [6, 6.07) is 3.62. The summed E-state index contributed by atoms with van der Waals surface area (Å²) in [5, 5.41) is 0. The molecule has 0 bridgehead atoms. The highest BCUT2D eigenvalue weighted by atomic mass is 127. The summed E-state index contributed by atoms with van der Waals surface area (Å²) in [5.41, 5.74) is 0. The minimum Gasteiger partial charge on any atom is -0.455 e. The molecule has 100 valence electrons. The van der Waals surface area contributed by atoms with E-state index in [0.29, 0.717) is 7.14 Å². The van der Waals surface area contributed by atoms with Gasteiger partial charge in [-0.25, -0.2) is 17.6 Å². The van der Waals surface area contributed by atoms with Gasteiger partial charge in [0.15, 0.2) is 23.3 Å². The SMILES string of the molecule is Fc1cc(I)c(Oc2cc(F)c(F)cc2I)cc1F. The smallest absolute Gasteiger partial charge is 0.162 e. The monoisotopic (exact) mass is 494 g/mol. The Hall–Kier alpha value is -0.580. The standard InChI is InChI=1S/C12H4F4I2O/c13-5-1-9(17)11(3-7(5)15)19-12-4-8(16)6(14)2-10(12)18/h1-4H. The van der Waals surface area contributed by atoms with Crippen molar-refractivity contribution in [2.75, 3.05) is 0 Å². The summed E-state index contributed by atoms with van der Waals surface area (Å²) in [4.78, 5) is 0. The first-order valence-electron chi connectivity index (χ1n) is 4.85. The molecule has 0 aromatic heterocycles. The Labute approximate surface area is 133 Å². The molecular weight excluding hydrogens is 490 g/mol. The second kappa shape index (κ2) is 5.81. The molecule has 0 amide bonds. The Bertz CT molecular complexity index is 591. The molecule has 0 aliphatic carbocycles. The van der Waals surface area contributed by atoms with Crippen molar-refractivity contribution >= 4 is 45.2 Å². The lowest BCUT2D eigenvalue weighted by Gasteiger charge is -2.10. The number of hydrogen-bond acceptors (Lipinski definition) is 1. The van der Waals surface area contributed by atoms with Gasteiger partial charge in [0.2, 0.25) is 0 Å². The molecule has 0 fully saturated rings. The molecule has 2 aromatic rings. The predicted molar refractivity (Wildman–Crippen MR) is 78.2 cm³/mol. The van der Waals surface area contributed by atoms with E-state index in [-0.39, 0.29) is 11.5 Å². The summed E-state index contributed by atoms with van der Waals surface area (Å²) >= 11 is 3.51. The first kappa shape index (κ1) is 14.8. The Morgan fingerprint density at radius 3 is 1.32 bits per heavy atom. The van der Waals surface area contributed by atoms with E-state index in [9.17, 15) is 17.6 Å². The molecule has 0 aliphatic rings. The van der Waals surface area contributed by atoms with E-state index < -0.39 is 23.3 Å². The van der Waals surface area contributed by atoms with Crippen molar-refractivity contribution in [1.29, 1.82) is 0 Å². The van der Waals surface area contributed by atoms with Gasteiger partial charge in [0.25, 0.3) is 0 Å². The molecule has 0 saturated carbocycles. The molecule has 0 aliphatic heterocycles. The van der Waals surface area contributed by atoms with E-state index in [4.69, 9.17) is 4.74 Å². The Morgan fingerprint density at radius 2 is 0.947 bits per heavy atom. The van der Waals surface area contributed by atoms with E-state index >= 15 is 0 Å². The Morgan fingerprint density at radius 1 is 0.632 bits per heavy atom. The van der Waals surface area contributed by atoms with Crippen LogP contribution < -0.4 is 4.74 Å². The van der Waals surface area contributed by atoms with Gasteiger partial charge in [-0.1, -0.05) is 0 Å². The number of ether oxygens (including phenoxy) is 1. The van der Waals surface area contributed by atoms with Crippen LogP contribution >= 0.6 is 45.2 Å². The van der Waals surface area contributed by atoms with E-state index in [1.165, 1.54) is 0 Å². The van der Waals surface area contributed by atoms with Gasteiger partial charge in [0, 0.05) is 12.1 Å². The van der Waals surface area contributed by atoms with Gasteiger partial charge in [-0.2, -0.15) is 0 Å². The Balaban J connectivity index is 2.42. The summed E-state index contributed by atoms with van der Waals surface area (Å²) < 4.78 is 58.0. The average molecular weight is 494 g/mol. The van der Waals surface area contributed by atoms with E-state index in [2.05, 4.69) is 0 Å². The topological polar surface area (TPSA) is 9.23 Å². The number of benzene rings is 2. The molecule has 0 atom stereocenters. The van der Waals surface area contributed by atoms with Crippen LogP contribution in [0.25, 0.3) is 0 Å². The first-order chi connectivity index (χ1) is 8.88. The zero-order valence-electron chi connectivity index (χ0n) is 8.99. The van der Waals surface area contributed by atoms with E-state index in [1.807, 2.05) is 0 Å². The van der Waals surface area contributed by atoms with Gasteiger partial charge in [-0.3, -0.25) is 0 Å². The minimum absolute atomic E-state index is 0.0309. The number of halogens is 6. The van der Waals surface area contributed by atoms with Crippen LogP contribution in [0.2, 0.25) is 0 Å². The Kier molecular flexibility index (Phi) is 4.54. The number of rotatable bonds is 2. The third-order valence-corrected chi connectivity index (χ3v) is 3.86. The molecule has 7 heteroatoms. The molecule has 19 heavy (non-hydrogen) atoms. The van der Waals surface area contributed by atoms with Gasteiger partial charge >= 0.3 is 0 Å². The predicted octanol–water partition coefficient (Wildman–Crippen LogP) is 5.24. The van der Waals surface area contributed by atoms with Gasteiger partial charge in [0.05, 0.1) is 7.14 Å². The maximum atomic E-state index is 13.1. The highest BCUT2D eigenvalue weighted by Gasteiger charge is 2.14. The molecular formula is C12H4F4I2O. The highest BCUT2D eigenvalue weighted by molar-refractivity contribution is 14.1. The lowest BCUT2D eigenvalue weighted by Crippen LogP contribution is -1.95. The van der Waals surface area contributed by atoms with Crippen LogP contribution in [0.3, 0.4) is 0 Å². The largest absolute Gasteiger partial charge is 0.455 e. The van der Waals surface area contributed by atoms with Crippen molar-refractivity contribution in [2.45, 2.75) is 0 Å². The molecule has 0 spiro atoms. The normalized spacial score (nSPS) is 10.6. The second-order valence-corrected chi connectivity index (χ2v) is 5.82. The van der Waals surface area contributed by atoms with Crippen LogP contribution in [-0.4, -0.2) is 0 Å². The quantitative estimate of drug-likeness (QED) is 0.316. The van der Waals surface area contributed by atoms with Crippen LogP contribution in [0.15, 0.2) is 24.3 Å². The number of hydrogen-bond donors (Lipinski definition) is 0. The molecule has 0 unspecified atom stereocenters. The van der Waals surface area contributed by atoms with Crippen LogP contribution in [-0.2, 0) is 0 Å². The summed E-state index contributed by atoms with van der Waals surface area (Å²) in [6.45, 7) is 0. The van der Waals surface area contributed by atoms with Gasteiger partial charge in [-0.05, 0) is 57.3 Å². The van der Waals surface area contributed by atoms with Crippen LogP contribution in [0.4, 0.5) is 17.6 Å². The lowest BCUT2D eigenvalue weighted by molar-refractivity contribution is 0.444. The summed E-state index contributed by atoms with van der Waals surface area (Å²) in [7, 11) is 0. The van der Waals surface area contributed by atoms with E-state index in [0.717, 1.165) is 24.3 Å². The van der Waals surface area contributed by atoms with Gasteiger partial charge in [-0.15, -0.1) is 0 Å². The van der Waals surface area contributed by atoms with Crippen LogP contribution in [0.1, 0.15) is 0 Å². The summed E-state index contributed by atoms with van der Waals surface area (Å²) in [6.07, 6.45) is 0. The third-order valence-electron chi connectivity index (χ3n) is 2.17. The maximum Gasteiger partial charge on any atom is 0.162 e. The van der Waals surface area contributed by atoms with Crippen molar-refractivity contribution in [2.24, 2.45) is 0 Å². The van der Waals surface area contributed by atoms with Gasteiger partial charge in [0.1, 0.15) is 11.5 Å². The van der Waals surface area contributed by atoms with Crippen molar-refractivity contribution in [3.05, 3.63) is 54.7 Å². The average Bonchev–Trinajstić information content (AvgIpc) is 2.32. The minimum atomic E-state index is -1.08. The molecule has 2 aromatic carbocycles. The third kappa shape index (κ3) is 3.30. The fourth-order valence-corrected chi connectivity index (χ4v) is 2.36. The molecule has 0 heterocycles. The molecule has 0 saturated heterocycles. The zero-order valence-corrected chi connectivity index (χ0v) is 13.3. The summed E-state index contributed by atoms with van der Waals surface area (Å²) in [5.74, 6) is -4.10. The van der Waals surface area contributed by atoms with Crippen LogP contribution in [0.5, 0.6) is 11.5 Å². The fraction of sp³-hybridized carbons (Fsp3) is 0. The maximum absolute atomic E-state index is 13.1. The van der Waals surface area contributed by atoms with Crippen molar-refractivity contribution in [3.63, 3.8) is 0 Å². The van der Waals surface area contributed by atoms with Crippen molar-refractivity contribution in [1.82, 2.24) is 0 Å². The van der Waals surface area contributed by atoms with Crippen molar-refractivity contribution in [3.8, 4) is 11.5 Å². The molecule has 0 radical (unpaired) electrons. The first-order valence-corrected chi connectivity index (χ1v) is 7.01. The highest BCUT2D eigenvalue weighted by Crippen LogP contribution is 2.32. The lowest BCUT2D eigenvalue weighted by atomic mass is 10.3. The second-order valence-electron chi connectivity index (χ2n) is 3.50. The molecule has 1 nitrogen and oxygen atoms in total. The van der Waals surface area contributed by atoms with Gasteiger partial charge < -0.3 is 4.74 Å². The molecule has 2 rings (SSSR count). The molecule has 0 N–H and O–H groups in total. The van der Waals surface area contributed by atoms with Crippen LogP contribution in [0, 0.1) is 30.4 Å². The van der Waals surface area contributed by atoms with E-state index in [1.54, 1.807) is 45.2 Å². The fourth-order valence-electron chi connectivity index (χ4n) is 1.28. The van der Waals surface area contributed by atoms with Crippen molar-refractivity contribution < 1.29 is 22.3 Å². The zero-order chi connectivity index (χ0) is 14.2.